The molecule has 0 aliphatic rings. The maximum Gasteiger partial charge on any atom is 0.146 e. The van der Waals surface area contributed by atoms with Crippen molar-refractivity contribution in [1.82, 2.24) is 5.32 Å². The maximum atomic E-state index is 6.21. The second kappa shape index (κ2) is 6.72. The molecule has 4 heteroatoms. The first-order valence-electron chi connectivity index (χ1n) is 5.79. The van der Waals surface area contributed by atoms with Crippen LogP contribution in [0.5, 0.6) is 11.5 Å². The average molecular weight is 258 g/mol. The molecule has 1 aromatic rings. The third kappa shape index (κ3) is 3.27. The fourth-order valence-electron chi connectivity index (χ4n) is 1.73. The van der Waals surface area contributed by atoms with E-state index in [9.17, 15) is 0 Å². The third-order valence-electron chi connectivity index (χ3n) is 2.68. The summed E-state index contributed by atoms with van der Waals surface area (Å²) in [6, 6.07) is 4.05. The Hall–Kier alpha value is -0.930. The normalized spacial score (nSPS) is 12.3. The highest BCUT2D eigenvalue weighted by atomic mass is 35.5. The van der Waals surface area contributed by atoms with Gasteiger partial charge in [-0.1, -0.05) is 18.5 Å². The van der Waals surface area contributed by atoms with Crippen LogP contribution in [0.15, 0.2) is 12.1 Å². The molecule has 1 unspecified atom stereocenters. The van der Waals surface area contributed by atoms with Crippen LogP contribution in [-0.2, 0) is 0 Å². The number of benzene rings is 1. The molecular formula is C13H20ClNO2. The van der Waals surface area contributed by atoms with Gasteiger partial charge in [0, 0.05) is 11.6 Å². The van der Waals surface area contributed by atoms with Crippen molar-refractivity contribution in [2.75, 3.05) is 20.8 Å². The summed E-state index contributed by atoms with van der Waals surface area (Å²) in [6.07, 6.45) is 1.09. The van der Waals surface area contributed by atoms with Crippen LogP contribution in [-0.4, -0.2) is 20.8 Å². The van der Waals surface area contributed by atoms with Crippen molar-refractivity contribution < 1.29 is 9.47 Å². The van der Waals surface area contributed by atoms with Crippen molar-refractivity contribution in [3.05, 3.63) is 22.7 Å². The largest absolute Gasteiger partial charge is 0.495 e. The molecule has 0 fully saturated rings. The zero-order valence-electron chi connectivity index (χ0n) is 10.8. The van der Waals surface area contributed by atoms with Crippen molar-refractivity contribution in [3.63, 3.8) is 0 Å². The van der Waals surface area contributed by atoms with Gasteiger partial charge >= 0.3 is 0 Å². The van der Waals surface area contributed by atoms with Gasteiger partial charge in [-0.25, -0.2) is 0 Å². The van der Waals surface area contributed by atoms with Gasteiger partial charge in [0.1, 0.15) is 16.5 Å². The molecule has 1 aromatic carbocycles. The molecule has 0 saturated carbocycles. The van der Waals surface area contributed by atoms with Crippen molar-refractivity contribution in [2.45, 2.75) is 26.3 Å². The maximum absolute atomic E-state index is 6.21. The summed E-state index contributed by atoms with van der Waals surface area (Å²) < 4.78 is 10.5. The first-order chi connectivity index (χ1) is 8.15. The summed E-state index contributed by atoms with van der Waals surface area (Å²) >= 11 is 6.21. The minimum Gasteiger partial charge on any atom is -0.495 e. The quantitative estimate of drug-likeness (QED) is 0.847. The summed E-state index contributed by atoms with van der Waals surface area (Å²) in [7, 11) is 3.22. The predicted molar refractivity (Wildman–Crippen MR) is 71.3 cm³/mol. The zero-order valence-corrected chi connectivity index (χ0v) is 11.6. The van der Waals surface area contributed by atoms with Gasteiger partial charge in [-0.2, -0.15) is 0 Å². The fourth-order valence-corrected chi connectivity index (χ4v) is 2.06. The van der Waals surface area contributed by atoms with Crippen molar-refractivity contribution in [2.24, 2.45) is 0 Å². The van der Waals surface area contributed by atoms with Gasteiger partial charge in [-0.05, 0) is 32.0 Å². The zero-order chi connectivity index (χ0) is 12.8. The van der Waals surface area contributed by atoms with Gasteiger partial charge in [0.25, 0.3) is 0 Å². The first kappa shape index (κ1) is 14.1. The molecule has 0 radical (unpaired) electrons. The minimum absolute atomic E-state index is 0.202. The van der Waals surface area contributed by atoms with Gasteiger partial charge in [0.15, 0.2) is 0 Å². The number of ether oxygens (including phenoxy) is 2. The molecule has 1 rings (SSSR count). The second-order valence-corrected chi connectivity index (χ2v) is 4.26. The Labute approximate surface area is 108 Å². The van der Waals surface area contributed by atoms with E-state index in [4.69, 9.17) is 21.1 Å². The molecule has 0 aliphatic heterocycles. The van der Waals surface area contributed by atoms with E-state index >= 15 is 0 Å². The lowest BCUT2D eigenvalue weighted by atomic mass is 10.1. The lowest BCUT2D eigenvalue weighted by Crippen LogP contribution is -2.19. The van der Waals surface area contributed by atoms with Gasteiger partial charge in [-0.15, -0.1) is 0 Å². The number of hydrogen-bond acceptors (Lipinski definition) is 3. The molecule has 0 heterocycles. The average Bonchev–Trinajstić information content (AvgIpc) is 2.35. The van der Waals surface area contributed by atoms with Crippen LogP contribution in [0.1, 0.15) is 31.9 Å². The lowest BCUT2D eigenvalue weighted by Gasteiger charge is -2.19. The molecule has 0 aromatic heterocycles. The van der Waals surface area contributed by atoms with Crippen LogP contribution in [0.4, 0.5) is 0 Å². The van der Waals surface area contributed by atoms with E-state index in [0.29, 0.717) is 16.5 Å². The SMILES string of the molecule is CCCNC(C)c1ccc(OC)c(Cl)c1OC. The van der Waals surface area contributed by atoms with Crippen LogP contribution in [0.25, 0.3) is 0 Å². The Morgan fingerprint density at radius 3 is 2.53 bits per heavy atom. The molecule has 1 N–H and O–H groups in total. The smallest absolute Gasteiger partial charge is 0.146 e. The lowest BCUT2D eigenvalue weighted by molar-refractivity contribution is 0.386. The number of nitrogens with one attached hydrogen (secondary N) is 1. The standard InChI is InChI=1S/C13H20ClNO2/c1-5-8-15-9(2)10-6-7-11(16-3)12(14)13(10)17-4/h6-7,9,15H,5,8H2,1-4H3. The molecule has 17 heavy (non-hydrogen) atoms. The Bertz CT molecular complexity index is 369. The van der Waals surface area contributed by atoms with Crippen LogP contribution in [0.3, 0.4) is 0 Å². The fraction of sp³-hybridized carbons (Fsp3) is 0.538. The molecule has 0 bridgehead atoms. The topological polar surface area (TPSA) is 30.5 Å². The highest BCUT2D eigenvalue weighted by molar-refractivity contribution is 6.33. The summed E-state index contributed by atoms with van der Waals surface area (Å²) in [5.74, 6) is 1.32. The van der Waals surface area contributed by atoms with Crippen LogP contribution < -0.4 is 14.8 Å². The van der Waals surface area contributed by atoms with Crippen molar-refractivity contribution >= 4 is 11.6 Å². The highest BCUT2D eigenvalue weighted by Crippen LogP contribution is 2.39. The second-order valence-electron chi connectivity index (χ2n) is 3.88. The van der Waals surface area contributed by atoms with Crippen molar-refractivity contribution in [1.29, 1.82) is 0 Å². The van der Waals surface area contributed by atoms with Crippen LogP contribution in [0.2, 0.25) is 5.02 Å². The molecule has 0 saturated heterocycles. The molecule has 0 aliphatic carbocycles. The van der Waals surface area contributed by atoms with E-state index < -0.39 is 0 Å². The number of halogens is 1. The van der Waals surface area contributed by atoms with Gasteiger partial charge in [-0.3, -0.25) is 0 Å². The molecule has 1 atom stereocenters. The summed E-state index contributed by atoms with van der Waals surface area (Å²) in [4.78, 5) is 0. The predicted octanol–water partition coefficient (Wildman–Crippen LogP) is 3.42. The summed E-state index contributed by atoms with van der Waals surface area (Å²) in [5, 5.41) is 3.93. The Morgan fingerprint density at radius 2 is 2.00 bits per heavy atom. The Morgan fingerprint density at radius 1 is 1.29 bits per heavy atom. The molecule has 96 valence electrons. The van der Waals surface area contributed by atoms with E-state index in [1.807, 2.05) is 12.1 Å². The minimum atomic E-state index is 0.202. The molecule has 3 nitrogen and oxygen atoms in total. The number of methoxy groups -OCH3 is 2. The summed E-state index contributed by atoms with van der Waals surface area (Å²) in [5.41, 5.74) is 1.05. The third-order valence-corrected chi connectivity index (χ3v) is 3.04. The highest BCUT2D eigenvalue weighted by Gasteiger charge is 2.16. The van der Waals surface area contributed by atoms with E-state index in [2.05, 4.69) is 19.2 Å². The van der Waals surface area contributed by atoms with Gasteiger partial charge in [0.05, 0.1) is 14.2 Å². The first-order valence-corrected chi connectivity index (χ1v) is 6.17. The van der Waals surface area contributed by atoms with Crippen LogP contribution >= 0.6 is 11.6 Å². The van der Waals surface area contributed by atoms with Crippen molar-refractivity contribution in [3.8, 4) is 11.5 Å². The van der Waals surface area contributed by atoms with E-state index in [0.717, 1.165) is 18.5 Å². The molecule has 0 spiro atoms. The Balaban J connectivity index is 3.03. The number of rotatable bonds is 6. The van der Waals surface area contributed by atoms with Gasteiger partial charge < -0.3 is 14.8 Å². The molecular weight excluding hydrogens is 238 g/mol. The monoisotopic (exact) mass is 257 g/mol. The van der Waals surface area contributed by atoms with Crippen LogP contribution in [0, 0.1) is 0 Å². The van der Waals surface area contributed by atoms with E-state index in [1.165, 1.54) is 0 Å². The number of hydrogen-bond donors (Lipinski definition) is 1. The summed E-state index contributed by atoms with van der Waals surface area (Å²) in [6.45, 7) is 5.20. The van der Waals surface area contributed by atoms with E-state index in [1.54, 1.807) is 14.2 Å². The van der Waals surface area contributed by atoms with Gasteiger partial charge in [0.2, 0.25) is 0 Å². The molecule has 0 amide bonds. The Kier molecular flexibility index (Phi) is 5.59. The van der Waals surface area contributed by atoms with E-state index in [-0.39, 0.29) is 6.04 Å².